The van der Waals surface area contributed by atoms with Crippen molar-refractivity contribution in [3.05, 3.63) is 83.4 Å². The van der Waals surface area contributed by atoms with Crippen molar-refractivity contribution in [2.24, 2.45) is 17.6 Å². The summed E-state index contributed by atoms with van der Waals surface area (Å²) in [4.78, 5) is 11.6. The van der Waals surface area contributed by atoms with E-state index >= 15 is 0 Å². The van der Waals surface area contributed by atoms with Crippen molar-refractivity contribution in [3.8, 4) is 0 Å². The van der Waals surface area contributed by atoms with E-state index in [9.17, 15) is 13.6 Å². The first-order valence-corrected chi connectivity index (χ1v) is 11.2. The summed E-state index contributed by atoms with van der Waals surface area (Å²) in [5.74, 6) is 0.302. The Hall–Kier alpha value is -2.99. The molecule has 1 amide bonds. The minimum atomic E-state index is -0.489. The third-order valence-electron chi connectivity index (χ3n) is 5.29. The molecule has 0 spiro atoms. The SMILES string of the molecule is CC(C)(C)OC(=O)NC1CC1/C=C/c1ccccc1F.NC1CC1/C=C/c1ccccc1F. The van der Waals surface area contributed by atoms with Crippen LogP contribution in [0.2, 0.25) is 0 Å². The molecular weight excluding hydrogens is 422 g/mol. The smallest absolute Gasteiger partial charge is 0.407 e. The van der Waals surface area contributed by atoms with Crippen LogP contribution in [0.15, 0.2) is 60.7 Å². The molecule has 2 saturated carbocycles. The number of nitrogens with two attached hydrogens (primary N) is 1. The normalized spacial score (nSPS) is 23.7. The van der Waals surface area contributed by atoms with Gasteiger partial charge in [-0.1, -0.05) is 60.7 Å². The topological polar surface area (TPSA) is 64.3 Å². The molecule has 4 atom stereocenters. The van der Waals surface area contributed by atoms with Crippen LogP contribution in [0, 0.1) is 23.5 Å². The van der Waals surface area contributed by atoms with E-state index in [-0.39, 0.29) is 23.6 Å². The van der Waals surface area contributed by atoms with E-state index in [1.165, 1.54) is 12.1 Å². The van der Waals surface area contributed by atoms with Crippen LogP contribution in [-0.4, -0.2) is 23.8 Å². The van der Waals surface area contributed by atoms with Gasteiger partial charge < -0.3 is 15.8 Å². The summed E-state index contributed by atoms with van der Waals surface area (Å²) in [6.45, 7) is 5.49. The quantitative estimate of drug-likeness (QED) is 0.588. The number of carbonyl (C=O) groups is 1. The average Bonchev–Trinajstić information content (AvgIpc) is 3.64. The second-order valence-corrected chi connectivity index (χ2v) is 9.48. The molecule has 0 radical (unpaired) electrons. The zero-order chi connectivity index (χ0) is 24.0. The van der Waals surface area contributed by atoms with E-state index in [2.05, 4.69) is 5.32 Å². The van der Waals surface area contributed by atoms with Gasteiger partial charge in [-0.15, -0.1) is 0 Å². The van der Waals surface area contributed by atoms with Gasteiger partial charge in [-0.2, -0.15) is 0 Å². The summed E-state index contributed by atoms with van der Waals surface area (Å²) < 4.78 is 31.7. The van der Waals surface area contributed by atoms with E-state index in [0.29, 0.717) is 23.1 Å². The Morgan fingerprint density at radius 1 is 0.939 bits per heavy atom. The molecule has 6 heteroatoms. The second-order valence-electron chi connectivity index (χ2n) is 9.48. The van der Waals surface area contributed by atoms with Gasteiger partial charge in [0.25, 0.3) is 0 Å². The van der Waals surface area contributed by atoms with Crippen molar-refractivity contribution in [3.63, 3.8) is 0 Å². The lowest BCUT2D eigenvalue weighted by Crippen LogP contribution is -2.34. The van der Waals surface area contributed by atoms with Crippen molar-refractivity contribution >= 4 is 18.2 Å². The van der Waals surface area contributed by atoms with Gasteiger partial charge in [0, 0.05) is 23.2 Å². The molecule has 2 aliphatic carbocycles. The molecule has 0 aromatic heterocycles. The molecule has 2 aromatic rings. The first-order chi connectivity index (χ1) is 15.6. The Morgan fingerprint density at radius 2 is 1.42 bits per heavy atom. The summed E-state index contributed by atoms with van der Waals surface area (Å²) in [5.41, 5.74) is 6.34. The fraction of sp³-hybridized carbons (Fsp3) is 0.370. The maximum atomic E-state index is 13.4. The van der Waals surface area contributed by atoms with Gasteiger partial charge in [0.1, 0.15) is 17.2 Å². The molecule has 0 heterocycles. The summed E-state index contributed by atoms with van der Waals surface area (Å²) in [5, 5.41) is 2.81. The highest BCUT2D eigenvalue weighted by Gasteiger charge is 2.37. The van der Waals surface area contributed by atoms with Crippen LogP contribution in [0.4, 0.5) is 13.6 Å². The van der Waals surface area contributed by atoms with Crippen molar-refractivity contribution in [2.45, 2.75) is 51.3 Å². The number of hydrogen-bond donors (Lipinski definition) is 2. The molecule has 33 heavy (non-hydrogen) atoms. The molecule has 0 bridgehead atoms. The fourth-order valence-electron chi connectivity index (χ4n) is 3.18. The van der Waals surface area contributed by atoms with Crippen LogP contribution >= 0.6 is 0 Å². The number of carbonyl (C=O) groups excluding carboxylic acids is 1. The molecule has 0 aliphatic heterocycles. The van der Waals surface area contributed by atoms with Crippen LogP contribution in [0.25, 0.3) is 12.2 Å². The summed E-state index contributed by atoms with van der Waals surface area (Å²) in [6.07, 6.45) is 8.99. The molecule has 2 aliphatic rings. The molecule has 2 aromatic carbocycles. The first-order valence-electron chi connectivity index (χ1n) is 11.2. The van der Waals surface area contributed by atoms with Crippen LogP contribution in [0.5, 0.6) is 0 Å². The Balaban J connectivity index is 0.000000203. The maximum Gasteiger partial charge on any atom is 0.407 e. The average molecular weight is 455 g/mol. The Labute approximate surface area is 194 Å². The van der Waals surface area contributed by atoms with Crippen molar-refractivity contribution < 1.29 is 18.3 Å². The zero-order valence-corrected chi connectivity index (χ0v) is 19.3. The first kappa shape index (κ1) is 24.6. The highest BCUT2D eigenvalue weighted by molar-refractivity contribution is 5.69. The lowest BCUT2D eigenvalue weighted by atomic mass is 10.2. The van der Waals surface area contributed by atoms with Crippen LogP contribution in [0.1, 0.15) is 44.7 Å². The van der Waals surface area contributed by atoms with Gasteiger partial charge in [-0.3, -0.25) is 0 Å². The van der Waals surface area contributed by atoms with E-state index < -0.39 is 11.7 Å². The summed E-state index contributed by atoms with van der Waals surface area (Å²) in [7, 11) is 0. The number of nitrogens with one attached hydrogen (secondary N) is 1. The third-order valence-corrected chi connectivity index (χ3v) is 5.29. The van der Waals surface area contributed by atoms with Gasteiger partial charge in [0.05, 0.1) is 0 Å². The minimum absolute atomic E-state index is 0.0906. The molecule has 4 rings (SSSR count). The van der Waals surface area contributed by atoms with Gasteiger partial charge >= 0.3 is 6.09 Å². The Bertz CT molecular complexity index is 1010. The van der Waals surface area contributed by atoms with Crippen LogP contribution in [0.3, 0.4) is 0 Å². The molecule has 3 N–H and O–H groups in total. The zero-order valence-electron chi connectivity index (χ0n) is 19.3. The second kappa shape index (κ2) is 10.8. The molecule has 176 valence electrons. The summed E-state index contributed by atoms with van der Waals surface area (Å²) in [6, 6.07) is 13.8. The van der Waals surface area contributed by atoms with Crippen molar-refractivity contribution in [1.82, 2.24) is 5.32 Å². The number of rotatable bonds is 5. The van der Waals surface area contributed by atoms with Crippen molar-refractivity contribution in [2.75, 3.05) is 0 Å². The predicted molar refractivity (Wildman–Crippen MR) is 128 cm³/mol. The fourth-order valence-corrected chi connectivity index (χ4v) is 3.18. The molecule has 0 saturated heterocycles. The maximum absolute atomic E-state index is 13.4. The number of halogens is 2. The van der Waals surface area contributed by atoms with E-state index in [4.69, 9.17) is 10.5 Å². The largest absolute Gasteiger partial charge is 0.444 e. The Morgan fingerprint density at radius 3 is 1.88 bits per heavy atom. The third kappa shape index (κ3) is 8.46. The van der Waals surface area contributed by atoms with Crippen LogP contribution in [-0.2, 0) is 4.74 Å². The number of ether oxygens (including phenoxy) is 1. The molecule has 2 fully saturated rings. The molecular formula is C27H32F2N2O2. The number of amides is 1. The number of hydrogen-bond acceptors (Lipinski definition) is 3. The van der Waals surface area contributed by atoms with Gasteiger partial charge in [-0.05, 0) is 57.6 Å². The molecule has 4 nitrogen and oxygen atoms in total. The van der Waals surface area contributed by atoms with Gasteiger partial charge in [0.2, 0.25) is 0 Å². The van der Waals surface area contributed by atoms with Gasteiger partial charge in [-0.25, -0.2) is 13.6 Å². The molecule has 4 unspecified atom stereocenters. The van der Waals surface area contributed by atoms with Gasteiger partial charge in [0.15, 0.2) is 0 Å². The van der Waals surface area contributed by atoms with E-state index in [1.54, 1.807) is 36.4 Å². The minimum Gasteiger partial charge on any atom is -0.444 e. The summed E-state index contributed by atoms with van der Waals surface area (Å²) >= 11 is 0. The standard InChI is InChI=1S/C16H20FNO2.C11H12FN/c1-16(2,3)20-15(19)18-14-10-12(14)9-8-11-6-4-5-7-13(11)17;12-10-4-2-1-3-8(10)5-6-9-7-11(9)13/h4-9,12,14H,10H2,1-3H3,(H,18,19);1-6,9,11H,7,13H2/b9-8+;6-5+. The van der Waals surface area contributed by atoms with E-state index in [0.717, 1.165) is 12.8 Å². The number of alkyl carbamates (subject to hydrolysis) is 1. The number of benzene rings is 2. The lowest BCUT2D eigenvalue weighted by Gasteiger charge is -2.19. The van der Waals surface area contributed by atoms with Crippen LogP contribution < -0.4 is 11.1 Å². The monoisotopic (exact) mass is 454 g/mol. The predicted octanol–water partition coefficient (Wildman–Crippen LogP) is 5.94. The van der Waals surface area contributed by atoms with Crippen molar-refractivity contribution in [1.29, 1.82) is 0 Å². The lowest BCUT2D eigenvalue weighted by molar-refractivity contribution is 0.0522. The van der Waals surface area contributed by atoms with E-state index in [1.807, 2.05) is 45.1 Å². The Kier molecular flexibility index (Phi) is 8.03. The highest BCUT2D eigenvalue weighted by atomic mass is 19.1. The highest BCUT2D eigenvalue weighted by Crippen LogP contribution is 2.33.